The van der Waals surface area contributed by atoms with E-state index in [0.29, 0.717) is 0 Å². The molecule has 0 amide bonds. The van der Waals surface area contributed by atoms with Crippen LogP contribution in [0.3, 0.4) is 0 Å². The average molecular weight is 333 g/mol. The molecule has 22 heavy (non-hydrogen) atoms. The molecule has 2 aromatic heterocycles. The molecule has 0 radical (unpaired) electrons. The van der Waals surface area contributed by atoms with Crippen LogP contribution in [-0.2, 0) is 10.0 Å². The highest BCUT2D eigenvalue weighted by atomic mass is 32.2. The number of nitrogens with zero attached hydrogens (tertiary/aromatic N) is 4. The fourth-order valence-electron chi connectivity index (χ4n) is 1.81. The lowest BCUT2D eigenvalue weighted by Gasteiger charge is -2.21. The topological polar surface area (TPSA) is 103 Å². The molecule has 2 aromatic rings. The van der Waals surface area contributed by atoms with Crippen molar-refractivity contribution in [1.29, 1.82) is 5.26 Å². The molecule has 0 fully saturated rings. The van der Waals surface area contributed by atoms with Crippen molar-refractivity contribution in [2.75, 3.05) is 13.1 Å². The van der Waals surface area contributed by atoms with Crippen molar-refractivity contribution in [3.05, 3.63) is 18.3 Å². The lowest BCUT2D eigenvalue weighted by atomic mass is 10.4. The summed E-state index contributed by atoms with van der Waals surface area (Å²) in [7, 11) is -4.49. The van der Waals surface area contributed by atoms with E-state index in [4.69, 9.17) is 5.26 Å². The Morgan fingerprint density at radius 3 is 2.77 bits per heavy atom. The number of H-pyrrole nitrogens is 1. The Bertz CT molecular complexity index is 809. The zero-order valence-corrected chi connectivity index (χ0v) is 11.8. The molecule has 0 atom stereocenters. The van der Waals surface area contributed by atoms with Gasteiger partial charge in [-0.2, -0.15) is 27.8 Å². The predicted octanol–water partition coefficient (Wildman–Crippen LogP) is 1.42. The van der Waals surface area contributed by atoms with Crippen molar-refractivity contribution in [3.63, 3.8) is 0 Å². The van der Waals surface area contributed by atoms with E-state index in [9.17, 15) is 21.6 Å². The van der Waals surface area contributed by atoms with E-state index in [1.165, 1.54) is 18.3 Å². The monoisotopic (exact) mass is 333 g/mol. The van der Waals surface area contributed by atoms with Gasteiger partial charge in [-0.05, 0) is 12.1 Å². The van der Waals surface area contributed by atoms with Gasteiger partial charge in [0.2, 0.25) is 0 Å². The number of sulfonamides is 1. The number of aromatic amines is 1. The summed E-state index contributed by atoms with van der Waals surface area (Å²) in [6.07, 6.45) is -3.71. The summed E-state index contributed by atoms with van der Waals surface area (Å²) in [5.74, 6) is 0. The van der Waals surface area contributed by atoms with E-state index >= 15 is 0 Å². The van der Waals surface area contributed by atoms with Crippen molar-refractivity contribution in [1.82, 2.24) is 19.5 Å². The molecule has 2 rings (SSSR count). The minimum atomic E-state index is -4.73. The van der Waals surface area contributed by atoms with Crippen molar-refractivity contribution in [3.8, 4) is 6.07 Å². The molecule has 0 aromatic carbocycles. The van der Waals surface area contributed by atoms with Crippen LogP contribution in [0.4, 0.5) is 13.2 Å². The molecule has 1 N–H and O–H groups in total. The lowest BCUT2D eigenvalue weighted by Crippen LogP contribution is -2.39. The average Bonchev–Trinajstić information content (AvgIpc) is 2.86. The van der Waals surface area contributed by atoms with Gasteiger partial charge in [0.05, 0.1) is 11.5 Å². The number of nitriles is 1. The zero-order valence-electron chi connectivity index (χ0n) is 11.0. The van der Waals surface area contributed by atoms with Gasteiger partial charge >= 0.3 is 6.18 Å². The molecule has 118 valence electrons. The fourth-order valence-corrected chi connectivity index (χ4v) is 3.32. The van der Waals surface area contributed by atoms with E-state index < -0.39 is 34.3 Å². The van der Waals surface area contributed by atoms with Gasteiger partial charge in [0.1, 0.15) is 6.54 Å². The number of hydrogen-bond donors (Lipinski definition) is 1. The molecule has 2 heterocycles. The first-order valence-electron chi connectivity index (χ1n) is 5.98. The van der Waals surface area contributed by atoms with Crippen molar-refractivity contribution >= 4 is 21.1 Å². The second kappa shape index (κ2) is 5.90. The third-order valence-electron chi connectivity index (χ3n) is 2.72. The Balaban J connectivity index is 2.46. The summed E-state index contributed by atoms with van der Waals surface area (Å²) in [5, 5.41) is 14.0. The molecule has 0 aliphatic heterocycles. The smallest absolute Gasteiger partial charge is 0.263 e. The quantitative estimate of drug-likeness (QED) is 0.891. The fraction of sp³-hybridized carbons (Fsp3) is 0.364. The SMILES string of the molecule is N#CCCN(CC(F)(F)F)S(=O)(=O)c1[nH]nc2ncccc12. The maximum absolute atomic E-state index is 12.6. The van der Waals surface area contributed by atoms with Crippen LogP contribution in [0.2, 0.25) is 0 Å². The van der Waals surface area contributed by atoms with Gasteiger partial charge in [0.15, 0.2) is 10.7 Å². The molecule has 11 heteroatoms. The van der Waals surface area contributed by atoms with Crippen LogP contribution in [0.5, 0.6) is 0 Å². The molecular formula is C11H10F3N5O2S. The van der Waals surface area contributed by atoms with Crippen LogP contribution < -0.4 is 0 Å². The van der Waals surface area contributed by atoms with E-state index in [-0.39, 0.29) is 21.8 Å². The number of fused-ring (bicyclic) bond motifs is 1. The van der Waals surface area contributed by atoms with E-state index in [1.807, 2.05) is 0 Å². The summed E-state index contributed by atoms with van der Waals surface area (Å²) >= 11 is 0. The van der Waals surface area contributed by atoms with Crippen LogP contribution >= 0.6 is 0 Å². The number of rotatable bonds is 5. The third-order valence-corrected chi connectivity index (χ3v) is 4.54. The van der Waals surface area contributed by atoms with Crippen LogP contribution in [0.15, 0.2) is 23.4 Å². The molecule has 0 aliphatic carbocycles. The zero-order chi connectivity index (χ0) is 16.4. The van der Waals surface area contributed by atoms with Gasteiger partial charge < -0.3 is 0 Å². The summed E-state index contributed by atoms with van der Waals surface area (Å²) in [6.45, 7) is -2.25. The van der Waals surface area contributed by atoms with Crippen LogP contribution in [-0.4, -0.2) is 47.2 Å². The molecule has 7 nitrogen and oxygen atoms in total. The number of aromatic nitrogens is 3. The summed E-state index contributed by atoms with van der Waals surface area (Å²) < 4.78 is 62.8. The van der Waals surface area contributed by atoms with Crippen LogP contribution in [0.1, 0.15) is 6.42 Å². The molecule has 0 saturated carbocycles. The molecule has 0 aliphatic rings. The van der Waals surface area contributed by atoms with E-state index in [2.05, 4.69) is 15.2 Å². The molecule has 0 bridgehead atoms. The summed E-state index contributed by atoms with van der Waals surface area (Å²) in [6, 6.07) is 4.46. The highest BCUT2D eigenvalue weighted by molar-refractivity contribution is 7.89. The molecule has 0 spiro atoms. The number of halogens is 3. The Kier molecular flexibility index (Phi) is 4.34. The van der Waals surface area contributed by atoms with E-state index in [0.717, 1.165) is 0 Å². The minimum absolute atomic E-state index is 0.0771. The van der Waals surface area contributed by atoms with Crippen LogP contribution in [0.25, 0.3) is 11.0 Å². The third kappa shape index (κ3) is 3.34. The summed E-state index contributed by atoms with van der Waals surface area (Å²) in [5.41, 5.74) is 0.0771. The second-order valence-corrected chi connectivity index (χ2v) is 6.16. The maximum Gasteiger partial charge on any atom is 0.402 e. The maximum atomic E-state index is 12.6. The Hall–Kier alpha value is -2.19. The number of alkyl halides is 3. The largest absolute Gasteiger partial charge is 0.402 e. The Labute approximate surface area is 123 Å². The molecular weight excluding hydrogens is 323 g/mol. The van der Waals surface area contributed by atoms with Gasteiger partial charge in [-0.15, -0.1) is 0 Å². The number of hydrogen-bond acceptors (Lipinski definition) is 5. The van der Waals surface area contributed by atoms with Gasteiger partial charge in [-0.25, -0.2) is 13.4 Å². The highest BCUT2D eigenvalue weighted by Gasteiger charge is 2.38. The second-order valence-electron chi connectivity index (χ2n) is 4.29. The predicted molar refractivity (Wildman–Crippen MR) is 68.9 cm³/mol. The number of pyridine rings is 1. The first-order valence-corrected chi connectivity index (χ1v) is 7.42. The minimum Gasteiger partial charge on any atom is -0.263 e. The normalized spacial score (nSPS) is 12.7. The number of nitrogens with one attached hydrogen (secondary N) is 1. The molecule has 0 saturated heterocycles. The van der Waals surface area contributed by atoms with Crippen molar-refractivity contribution < 1.29 is 21.6 Å². The highest BCUT2D eigenvalue weighted by Crippen LogP contribution is 2.25. The van der Waals surface area contributed by atoms with Gasteiger partial charge in [0, 0.05) is 19.2 Å². The van der Waals surface area contributed by atoms with Gasteiger partial charge in [-0.3, -0.25) is 5.10 Å². The lowest BCUT2D eigenvalue weighted by molar-refractivity contribution is -0.136. The first kappa shape index (κ1) is 16.2. The van der Waals surface area contributed by atoms with Gasteiger partial charge in [0.25, 0.3) is 10.0 Å². The van der Waals surface area contributed by atoms with E-state index in [1.54, 1.807) is 6.07 Å². The Morgan fingerprint density at radius 1 is 1.41 bits per heavy atom. The van der Waals surface area contributed by atoms with Crippen molar-refractivity contribution in [2.45, 2.75) is 17.6 Å². The Morgan fingerprint density at radius 2 is 2.14 bits per heavy atom. The van der Waals surface area contributed by atoms with Crippen LogP contribution in [0, 0.1) is 11.3 Å². The molecule has 0 unspecified atom stereocenters. The first-order chi connectivity index (χ1) is 10.3. The summed E-state index contributed by atoms with van der Waals surface area (Å²) in [4.78, 5) is 3.81. The van der Waals surface area contributed by atoms with Gasteiger partial charge in [-0.1, -0.05) is 0 Å². The standard InChI is InChI=1S/C11H10F3N5O2S/c12-11(13,14)7-19(6-2-4-15)22(20,21)10-8-3-1-5-16-9(8)17-18-10/h1,3,5H,2,6-7H2,(H,16,17,18). The van der Waals surface area contributed by atoms with Crippen molar-refractivity contribution in [2.24, 2.45) is 0 Å².